The van der Waals surface area contributed by atoms with Gasteiger partial charge in [-0.3, -0.25) is 4.79 Å². The van der Waals surface area contributed by atoms with Crippen molar-refractivity contribution in [1.29, 1.82) is 0 Å². The summed E-state index contributed by atoms with van der Waals surface area (Å²) in [4.78, 5) is 16.3. The number of aliphatic hydroxyl groups is 1. The second-order valence-electron chi connectivity index (χ2n) is 7.85. The van der Waals surface area contributed by atoms with E-state index in [4.69, 9.17) is 0 Å². The highest BCUT2D eigenvalue weighted by Crippen LogP contribution is 2.40. The normalized spacial score (nSPS) is 19.6. The maximum absolute atomic E-state index is 13.6. The largest absolute Gasteiger partial charge is 0.424 e. The molecule has 1 aromatic heterocycles. The number of hydrogen-bond donors (Lipinski definition) is 2. The van der Waals surface area contributed by atoms with Gasteiger partial charge in [-0.25, -0.2) is 13.4 Å². The number of aromatic nitrogens is 2. The zero-order valence-electron chi connectivity index (χ0n) is 17.6. The number of sulfonamides is 1. The van der Waals surface area contributed by atoms with Crippen molar-refractivity contribution in [3.8, 4) is 0 Å². The summed E-state index contributed by atoms with van der Waals surface area (Å²) in [6.07, 6.45) is -2.79. The van der Waals surface area contributed by atoms with Crippen LogP contribution in [-0.4, -0.2) is 58.6 Å². The van der Waals surface area contributed by atoms with Crippen LogP contribution in [0, 0.1) is 6.92 Å². The first-order valence-corrected chi connectivity index (χ1v) is 11.4. The number of amides is 1. The van der Waals surface area contributed by atoms with Gasteiger partial charge in [0.15, 0.2) is 0 Å². The molecule has 1 amide bonds. The van der Waals surface area contributed by atoms with Gasteiger partial charge in [-0.2, -0.15) is 17.5 Å². The summed E-state index contributed by atoms with van der Waals surface area (Å²) in [5, 5.41) is 12.7. The molecule has 2 heterocycles. The van der Waals surface area contributed by atoms with Crippen molar-refractivity contribution in [2.75, 3.05) is 13.1 Å². The van der Waals surface area contributed by atoms with Crippen LogP contribution in [0.25, 0.3) is 0 Å². The Morgan fingerprint density at radius 2 is 1.94 bits per heavy atom. The molecule has 2 N–H and O–H groups in total. The van der Waals surface area contributed by atoms with Crippen LogP contribution in [0.5, 0.6) is 0 Å². The number of rotatable bonds is 7. The van der Waals surface area contributed by atoms with Crippen LogP contribution in [0.4, 0.5) is 13.2 Å². The maximum Gasteiger partial charge on any atom is 0.424 e. The molecule has 0 aliphatic carbocycles. The minimum atomic E-state index is -5.02. The molecule has 0 spiro atoms. The molecule has 32 heavy (non-hydrogen) atoms. The fourth-order valence-corrected chi connectivity index (χ4v) is 5.42. The van der Waals surface area contributed by atoms with Gasteiger partial charge in [0.25, 0.3) is 0 Å². The van der Waals surface area contributed by atoms with E-state index in [9.17, 15) is 31.5 Å². The average Bonchev–Trinajstić information content (AvgIpc) is 3.37. The molecule has 1 aliphatic rings. The first-order valence-electron chi connectivity index (χ1n) is 10.0. The highest BCUT2D eigenvalue weighted by molar-refractivity contribution is 7.89. The number of carbonyl (C=O) groups excluding carboxylic acids is 1. The molecule has 3 rings (SSSR count). The molecule has 0 bridgehead atoms. The predicted octanol–water partition coefficient (Wildman–Crippen LogP) is 1.84. The van der Waals surface area contributed by atoms with Crippen LogP contribution in [0.1, 0.15) is 30.7 Å². The highest BCUT2D eigenvalue weighted by atomic mass is 32.2. The average molecular weight is 475 g/mol. The standard InChI is InChI=1S/C20H25F3N4O4S/c1-14-5-7-15(8-6-14)32(30,31)27-12-3-4-16(27)17(28)24-10-9-19(29,20(21,22)23)18-25-11-13-26(18)2/h5-8,11,13,16,29H,3-4,9-10,12H2,1-2H3,(H,24,28)/t16-,19?/m0/s1. The lowest BCUT2D eigenvalue weighted by Crippen LogP contribution is -2.49. The third-order valence-corrected chi connectivity index (χ3v) is 7.50. The Balaban J connectivity index is 1.71. The van der Waals surface area contributed by atoms with Gasteiger partial charge in [0, 0.05) is 39.0 Å². The second kappa shape index (κ2) is 8.83. The summed E-state index contributed by atoms with van der Waals surface area (Å²) in [7, 11) is -2.61. The molecule has 2 aromatic rings. The summed E-state index contributed by atoms with van der Waals surface area (Å²) in [6, 6.07) is 5.16. The van der Waals surface area contributed by atoms with Gasteiger partial charge >= 0.3 is 6.18 Å². The van der Waals surface area contributed by atoms with Crippen molar-refractivity contribution in [3.63, 3.8) is 0 Å². The van der Waals surface area contributed by atoms with Crippen LogP contribution in [0.3, 0.4) is 0 Å². The number of nitrogens with one attached hydrogen (secondary N) is 1. The number of imidazole rings is 1. The molecule has 1 unspecified atom stereocenters. The van der Waals surface area contributed by atoms with E-state index in [1.54, 1.807) is 12.1 Å². The van der Waals surface area contributed by atoms with Gasteiger partial charge < -0.3 is 15.0 Å². The second-order valence-corrected chi connectivity index (χ2v) is 9.74. The van der Waals surface area contributed by atoms with Crippen molar-refractivity contribution < 1.29 is 31.5 Å². The van der Waals surface area contributed by atoms with E-state index in [-0.39, 0.29) is 17.9 Å². The zero-order valence-corrected chi connectivity index (χ0v) is 18.4. The maximum atomic E-state index is 13.6. The fraction of sp³-hybridized carbons (Fsp3) is 0.500. The molecule has 0 radical (unpaired) electrons. The van der Waals surface area contributed by atoms with Crippen molar-refractivity contribution in [3.05, 3.63) is 48.0 Å². The van der Waals surface area contributed by atoms with E-state index in [2.05, 4.69) is 10.3 Å². The fourth-order valence-electron chi connectivity index (χ4n) is 3.76. The van der Waals surface area contributed by atoms with Crippen LogP contribution in [0.15, 0.2) is 41.6 Å². The van der Waals surface area contributed by atoms with Gasteiger partial charge in [0.05, 0.1) is 4.90 Å². The minimum Gasteiger partial charge on any atom is -0.374 e. The number of aryl methyl sites for hydroxylation is 2. The molecule has 8 nitrogen and oxygen atoms in total. The quantitative estimate of drug-likeness (QED) is 0.637. The predicted molar refractivity (Wildman–Crippen MR) is 109 cm³/mol. The Morgan fingerprint density at radius 3 is 2.50 bits per heavy atom. The SMILES string of the molecule is Cc1ccc(S(=O)(=O)N2CCC[C@H]2C(=O)NCCC(O)(c2nccn2C)C(F)(F)F)cc1. The molecule has 1 fully saturated rings. The molecule has 12 heteroatoms. The Kier molecular flexibility index (Phi) is 6.68. The first-order chi connectivity index (χ1) is 14.9. The number of nitrogens with zero attached hydrogens (tertiary/aromatic N) is 3. The molecule has 0 saturated carbocycles. The van der Waals surface area contributed by atoms with Crippen LogP contribution >= 0.6 is 0 Å². The Bertz CT molecular complexity index is 1070. The summed E-state index contributed by atoms with van der Waals surface area (Å²) in [5.41, 5.74) is -2.38. The summed E-state index contributed by atoms with van der Waals surface area (Å²) >= 11 is 0. The van der Waals surface area contributed by atoms with Crippen molar-refractivity contribution in [2.45, 2.75) is 48.9 Å². The van der Waals surface area contributed by atoms with E-state index >= 15 is 0 Å². The van der Waals surface area contributed by atoms with Crippen LogP contribution in [-0.2, 0) is 27.5 Å². The molecular formula is C20H25F3N4O4S. The Labute approximate surface area is 184 Å². The minimum absolute atomic E-state index is 0.0454. The zero-order chi connectivity index (χ0) is 23.7. The Hall–Kier alpha value is -2.44. The molecule has 1 saturated heterocycles. The number of benzene rings is 1. The monoisotopic (exact) mass is 474 g/mol. The summed E-state index contributed by atoms with van der Waals surface area (Å²) < 4.78 is 68.9. The van der Waals surface area contributed by atoms with Gasteiger partial charge in [0.2, 0.25) is 21.5 Å². The van der Waals surface area contributed by atoms with Crippen molar-refractivity contribution in [1.82, 2.24) is 19.2 Å². The highest BCUT2D eigenvalue weighted by Gasteiger charge is 2.57. The van der Waals surface area contributed by atoms with Crippen molar-refractivity contribution >= 4 is 15.9 Å². The Morgan fingerprint density at radius 1 is 1.28 bits per heavy atom. The van der Waals surface area contributed by atoms with E-state index in [0.29, 0.717) is 6.42 Å². The number of halogens is 3. The van der Waals surface area contributed by atoms with E-state index in [1.165, 1.54) is 25.4 Å². The van der Waals surface area contributed by atoms with Crippen molar-refractivity contribution in [2.24, 2.45) is 7.05 Å². The van der Waals surface area contributed by atoms with Gasteiger partial charge in [-0.15, -0.1) is 0 Å². The van der Waals surface area contributed by atoms with Gasteiger partial charge in [-0.05, 0) is 31.9 Å². The lowest BCUT2D eigenvalue weighted by atomic mass is 9.97. The molecular weight excluding hydrogens is 449 g/mol. The molecule has 1 aromatic carbocycles. The van der Waals surface area contributed by atoms with E-state index < -0.39 is 52.5 Å². The number of hydrogen-bond acceptors (Lipinski definition) is 5. The van der Waals surface area contributed by atoms with Gasteiger partial charge in [-0.1, -0.05) is 17.7 Å². The van der Waals surface area contributed by atoms with E-state index in [0.717, 1.165) is 20.6 Å². The smallest absolute Gasteiger partial charge is 0.374 e. The molecule has 2 atom stereocenters. The molecule has 1 aliphatic heterocycles. The lowest BCUT2D eigenvalue weighted by Gasteiger charge is -2.30. The topological polar surface area (TPSA) is 105 Å². The van der Waals surface area contributed by atoms with Gasteiger partial charge in [0.1, 0.15) is 11.9 Å². The third kappa shape index (κ3) is 4.52. The van der Waals surface area contributed by atoms with E-state index in [1.807, 2.05) is 6.92 Å². The number of carbonyl (C=O) groups is 1. The summed E-state index contributed by atoms with van der Waals surface area (Å²) in [6.45, 7) is 1.43. The lowest BCUT2D eigenvalue weighted by molar-refractivity contribution is -0.272. The van der Waals surface area contributed by atoms with Crippen LogP contribution < -0.4 is 5.32 Å². The van der Waals surface area contributed by atoms with Crippen LogP contribution in [0.2, 0.25) is 0 Å². The third-order valence-electron chi connectivity index (χ3n) is 5.58. The number of alkyl halides is 3. The summed E-state index contributed by atoms with van der Waals surface area (Å²) in [5.74, 6) is -1.30. The molecule has 176 valence electrons. The first kappa shape index (κ1) is 24.2.